The number of fused-ring (bicyclic) bond motifs is 1. The normalized spacial score (nSPS) is 26.8. The summed E-state index contributed by atoms with van der Waals surface area (Å²) in [5.41, 5.74) is 0.0146. The number of carbonyl (C=O) groups is 3. The second-order valence-electron chi connectivity index (χ2n) is 3.73. The van der Waals surface area contributed by atoms with Gasteiger partial charge >= 0.3 is 5.97 Å². The lowest BCUT2D eigenvalue weighted by Gasteiger charge is -2.48. The minimum atomic E-state index is -1.11. The van der Waals surface area contributed by atoms with Gasteiger partial charge in [-0.15, -0.1) is 11.8 Å². The topological polar surface area (TPSA) is 86.7 Å². The van der Waals surface area contributed by atoms with Crippen molar-refractivity contribution in [2.24, 2.45) is 0 Å². The van der Waals surface area contributed by atoms with Crippen LogP contribution in [0.2, 0.25) is 0 Å². The standard InChI is InChI=1S/C10H12N2O4S/c1-2-6(13)11-7-8(14)12-5(10(15)16)3-4-17-9(7)12/h3,7,9H,2,4H2,1H3,(H,11,13)(H,15,16)/t7?,9-/m0/s1. The van der Waals surface area contributed by atoms with Crippen LogP contribution in [0.5, 0.6) is 0 Å². The molecule has 1 unspecified atom stereocenters. The minimum Gasteiger partial charge on any atom is -0.477 e. The maximum atomic E-state index is 11.8. The van der Waals surface area contributed by atoms with Crippen LogP contribution in [-0.4, -0.2) is 45.0 Å². The summed E-state index contributed by atoms with van der Waals surface area (Å²) in [5, 5.41) is 11.3. The molecule has 2 rings (SSSR count). The quantitative estimate of drug-likeness (QED) is 0.681. The summed E-state index contributed by atoms with van der Waals surface area (Å²) in [7, 11) is 0. The molecule has 1 saturated heterocycles. The maximum Gasteiger partial charge on any atom is 0.352 e. The van der Waals surface area contributed by atoms with E-state index in [1.165, 1.54) is 22.7 Å². The summed E-state index contributed by atoms with van der Waals surface area (Å²) in [6.45, 7) is 1.70. The smallest absolute Gasteiger partial charge is 0.352 e. The predicted molar refractivity (Wildman–Crippen MR) is 61.0 cm³/mol. The van der Waals surface area contributed by atoms with Crippen LogP contribution in [0.25, 0.3) is 0 Å². The van der Waals surface area contributed by atoms with E-state index in [0.29, 0.717) is 12.2 Å². The van der Waals surface area contributed by atoms with E-state index in [4.69, 9.17) is 5.11 Å². The Bertz CT molecular complexity index is 421. The fourth-order valence-electron chi connectivity index (χ4n) is 1.81. The van der Waals surface area contributed by atoms with Crippen molar-refractivity contribution in [3.63, 3.8) is 0 Å². The Balaban J connectivity index is 2.11. The van der Waals surface area contributed by atoms with E-state index in [9.17, 15) is 14.4 Å². The fraction of sp³-hybridized carbons (Fsp3) is 0.500. The maximum absolute atomic E-state index is 11.8. The van der Waals surface area contributed by atoms with Gasteiger partial charge in [-0.3, -0.25) is 14.5 Å². The highest BCUT2D eigenvalue weighted by Crippen LogP contribution is 2.37. The number of thioether (sulfide) groups is 1. The molecule has 2 aliphatic rings. The van der Waals surface area contributed by atoms with Gasteiger partial charge in [0, 0.05) is 12.2 Å². The van der Waals surface area contributed by atoms with Crippen LogP contribution < -0.4 is 5.32 Å². The molecule has 0 aromatic rings. The first-order valence-corrected chi connectivity index (χ1v) is 6.28. The van der Waals surface area contributed by atoms with Gasteiger partial charge in [0.05, 0.1) is 0 Å². The highest BCUT2D eigenvalue weighted by molar-refractivity contribution is 8.00. The van der Waals surface area contributed by atoms with Crippen LogP contribution in [0.1, 0.15) is 13.3 Å². The van der Waals surface area contributed by atoms with E-state index in [1.54, 1.807) is 6.92 Å². The van der Waals surface area contributed by atoms with Crippen LogP contribution in [0.4, 0.5) is 0 Å². The number of nitrogens with zero attached hydrogens (tertiary/aromatic N) is 1. The number of carboxylic acids is 1. The van der Waals surface area contributed by atoms with Crippen LogP contribution in [0.15, 0.2) is 11.8 Å². The number of nitrogens with one attached hydrogen (secondary N) is 1. The Kier molecular flexibility index (Phi) is 3.10. The number of aliphatic carboxylic acids is 1. The van der Waals surface area contributed by atoms with Crippen molar-refractivity contribution in [3.05, 3.63) is 11.8 Å². The van der Waals surface area contributed by atoms with Gasteiger partial charge in [-0.1, -0.05) is 6.92 Å². The monoisotopic (exact) mass is 256 g/mol. The van der Waals surface area contributed by atoms with Crippen molar-refractivity contribution in [1.82, 2.24) is 10.2 Å². The summed E-state index contributed by atoms with van der Waals surface area (Å²) in [6.07, 6.45) is 1.82. The molecule has 1 fully saturated rings. The fourth-order valence-corrected chi connectivity index (χ4v) is 3.01. The molecule has 6 nitrogen and oxygen atoms in total. The molecule has 2 heterocycles. The van der Waals surface area contributed by atoms with E-state index in [-0.39, 0.29) is 22.9 Å². The van der Waals surface area contributed by atoms with Crippen molar-refractivity contribution >= 4 is 29.5 Å². The number of rotatable bonds is 3. The zero-order chi connectivity index (χ0) is 12.6. The van der Waals surface area contributed by atoms with Gasteiger partial charge in [0.25, 0.3) is 5.91 Å². The van der Waals surface area contributed by atoms with Gasteiger partial charge in [0.15, 0.2) is 0 Å². The van der Waals surface area contributed by atoms with E-state index in [0.717, 1.165) is 0 Å². The first kappa shape index (κ1) is 12.0. The molecule has 92 valence electrons. The SMILES string of the molecule is CCC(=O)NC1C(=O)N2C(C(=O)O)=CCS[C@@H]12. The molecule has 0 aromatic carbocycles. The molecule has 0 aromatic heterocycles. The van der Waals surface area contributed by atoms with E-state index < -0.39 is 12.0 Å². The number of hydrogen-bond donors (Lipinski definition) is 2. The third-order valence-corrected chi connectivity index (χ3v) is 3.89. The molecule has 0 bridgehead atoms. The number of hydrogen-bond acceptors (Lipinski definition) is 4. The highest BCUT2D eigenvalue weighted by atomic mass is 32.2. The van der Waals surface area contributed by atoms with Gasteiger partial charge in [0.2, 0.25) is 5.91 Å². The molecule has 0 spiro atoms. The zero-order valence-corrected chi connectivity index (χ0v) is 9.99. The van der Waals surface area contributed by atoms with Crippen molar-refractivity contribution in [1.29, 1.82) is 0 Å². The average molecular weight is 256 g/mol. The van der Waals surface area contributed by atoms with Gasteiger partial charge in [0.1, 0.15) is 17.1 Å². The molecule has 0 aliphatic carbocycles. The minimum absolute atomic E-state index is 0.0146. The Labute approximate surface area is 102 Å². The molecule has 2 atom stereocenters. The predicted octanol–water partition coefficient (Wildman–Crippen LogP) is -0.235. The lowest BCUT2D eigenvalue weighted by Crippen LogP contribution is -2.70. The van der Waals surface area contributed by atoms with Gasteiger partial charge < -0.3 is 10.4 Å². The largest absolute Gasteiger partial charge is 0.477 e. The van der Waals surface area contributed by atoms with Crippen LogP contribution >= 0.6 is 11.8 Å². The lowest BCUT2D eigenvalue weighted by molar-refractivity contribution is -0.150. The molecule has 17 heavy (non-hydrogen) atoms. The van der Waals surface area contributed by atoms with Crippen molar-refractivity contribution < 1.29 is 19.5 Å². The molecule has 0 radical (unpaired) electrons. The Morgan fingerprint density at radius 3 is 2.94 bits per heavy atom. The summed E-state index contributed by atoms with van der Waals surface area (Å²) in [5.74, 6) is -1.12. The second kappa shape index (κ2) is 4.40. The molecule has 7 heteroatoms. The third-order valence-electron chi connectivity index (χ3n) is 2.70. The van der Waals surface area contributed by atoms with Crippen LogP contribution in [-0.2, 0) is 14.4 Å². The first-order chi connectivity index (χ1) is 8.06. The summed E-state index contributed by atoms with van der Waals surface area (Å²) < 4.78 is 0. The summed E-state index contributed by atoms with van der Waals surface area (Å²) in [4.78, 5) is 35.1. The second-order valence-corrected chi connectivity index (χ2v) is 4.88. The Morgan fingerprint density at radius 2 is 2.35 bits per heavy atom. The van der Waals surface area contributed by atoms with E-state index in [2.05, 4.69) is 5.32 Å². The van der Waals surface area contributed by atoms with E-state index >= 15 is 0 Å². The molecular weight excluding hydrogens is 244 g/mol. The van der Waals surface area contributed by atoms with E-state index in [1.807, 2.05) is 0 Å². The van der Waals surface area contributed by atoms with Crippen molar-refractivity contribution in [2.45, 2.75) is 24.8 Å². The molecule has 0 saturated carbocycles. The number of carbonyl (C=O) groups excluding carboxylic acids is 2. The average Bonchev–Trinajstić information content (AvgIpc) is 2.34. The third kappa shape index (κ3) is 1.90. The first-order valence-electron chi connectivity index (χ1n) is 5.23. The van der Waals surface area contributed by atoms with Gasteiger partial charge in [-0.25, -0.2) is 4.79 Å². The van der Waals surface area contributed by atoms with Crippen molar-refractivity contribution in [3.8, 4) is 0 Å². The number of carboxylic acid groups (broad SMARTS) is 1. The molecular formula is C10H12N2O4S. The summed E-state index contributed by atoms with van der Waals surface area (Å²) >= 11 is 1.45. The number of amides is 2. The number of β-lactam (4-membered cyclic amide) rings is 1. The van der Waals surface area contributed by atoms with Crippen LogP contribution in [0.3, 0.4) is 0 Å². The van der Waals surface area contributed by atoms with Gasteiger partial charge in [-0.05, 0) is 6.08 Å². The molecule has 2 amide bonds. The van der Waals surface area contributed by atoms with Crippen LogP contribution in [0, 0.1) is 0 Å². The Morgan fingerprint density at radius 1 is 1.65 bits per heavy atom. The lowest BCUT2D eigenvalue weighted by atomic mass is 10.1. The zero-order valence-electron chi connectivity index (χ0n) is 9.17. The van der Waals surface area contributed by atoms with Crippen molar-refractivity contribution in [2.75, 3.05) is 5.75 Å². The highest BCUT2D eigenvalue weighted by Gasteiger charge is 2.52. The summed E-state index contributed by atoms with van der Waals surface area (Å²) in [6, 6.07) is -0.588. The molecule has 2 N–H and O–H groups in total. The molecule has 2 aliphatic heterocycles. The Hall–Kier alpha value is -1.50. The van der Waals surface area contributed by atoms with Gasteiger partial charge in [-0.2, -0.15) is 0 Å².